The first-order chi connectivity index (χ1) is 8.76. The minimum absolute atomic E-state index is 0.966. The molecule has 5 heteroatoms. The van der Waals surface area contributed by atoms with Gasteiger partial charge in [0.2, 0.25) is 0 Å². The minimum Gasteiger partial charge on any atom is -0.388 e. The number of pyridine rings is 1. The summed E-state index contributed by atoms with van der Waals surface area (Å²) in [6.07, 6.45) is 0. The molecule has 3 aromatic rings. The third-order valence-electron chi connectivity index (χ3n) is 2.64. The normalized spacial score (nSPS) is 10.8. The monoisotopic (exact) mass is 363 g/mol. The van der Waals surface area contributed by atoms with Gasteiger partial charge in [0.15, 0.2) is 0 Å². The third kappa shape index (κ3) is 2.20. The average Bonchev–Trinajstić information content (AvgIpc) is 2.81. The molecule has 0 atom stereocenters. The zero-order chi connectivity index (χ0) is 12.5. The predicted octanol–water partition coefficient (Wildman–Crippen LogP) is 4.00. The maximum absolute atomic E-state index is 4.61. The number of hydrogen-bond donors (Lipinski definition) is 1. The highest BCUT2D eigenvalue weighted by atomic mass is 123. The van der Waals surface area contributed by atoms with E-state index in [-0.39, 0.29) is 0 Å². The van der Waals surface area contributed by atoms with Gasteiger partial charge in [-0.25, -0.2) is 9.97 Å². The first-order valence-corrected chi connectivity index (χ1v) is 7.37. The van der Waals surface area contributed by atoms with Crippen molar-refractivity contribution in [3.8, 4) is 10.6 Å². The molecule has 3 rings (SSSR count). The summed E-state index contributed by atoms with van der Waals surface area (Å²) in [4.78, 5) is 10.1. The van der Waals surface area contributed by atoms with Gasteiger partial charge >= 0.3 is 0 Å². The Labute approximate surface area is 122 Å². The van der Waals surface area contributed by atoms with Crippen LogP contribution in [0.5, 0.6) is 0 Å². The molecule has 2 aromatic heterocycles. The maximum atomic E-state index is 4.61. The molecule has 1 aromatic carbocycles. The molecule has 0 aliphatic heterocycles. The number of halogens is 1. The molecule has 0 radical (unpaired) electrons. The standard InChI is InChI=1S/C13H10IN3S/c1-15-9-4-2-8(3-5-9)12-16-10-6-7-11(14)17-13(10)18-12/h2-7,15H,1H3/i14-4. The first-order valence-electron chi connectivity index (χ1n) is 5.47. The van der Waals surface area contributed by atoms with Crippen molar-refractivity contribution >= 4 is 50.0 Å². The number of fused-ring (bicyclic) bond motifs is 1. The summed E-state index contributed by atoms with van der Waals surface area (Å²) >= 11 is 3.85. The van der Waals surface area contributed by atoms with E-state index in [4.69, 9.17) is 0 Å². The summed E-state index contributed by atoms with van der Waals surface area (Å²) in [6, 6.07) is 12.3. The van der Waals surface area contributed by atoms with E-state index in [9.17, 15) is 0 Å². The summed E-state index contributed by atoms with van der Waals surface area (Å²) in [6.45, 7) is 0. The highest BCUT2D eigenvalue weighted by Crippen LogP contribution is 2.29. The Bertz CT molecular complexity index is 691. The summed E-state index contributed by atoms with van der Waals surface area (Å²) in [7, 11) is 1.92. The van der Waals surface area contributed by atoms with Gasteiger partial charge in [-0.2, -0.15) is 0 Å². The smallest absolute Gasteiger partial charge is 0.145 e. The molecule has 0 unspecified atom stereocenters. The second-order valence-corrected chi connectivity index (χ2v) is 5.89. The van der Waals surface area contributed by atoms with E-state index in [2.05, 4.69) is 62.1 Å². The van der Waals surface area contributed by atoms with E-state index < -0.39 is 0 Å². The Morgan fingerprint density at radius 1 is 1.06 bits per heavy atom. The molecular formula is C13H10IN3S. The number of anilines is 1. The van der Waals surface area contributed by atoms with Crippen LogP contribution in [0, 0.1) is 3.70 Å². The topological polar surface area (TPSA) is 37.8 Å². The Hall–Kier alpha value is -1.21. The molecule has 0 saturated heterocycles. The molecule has 0 bridgehead atoms. The molecule has 0 amide bonds. The molecule has 2 heterocycles. The van der Waals surface area contributed by atoms with Crippen molar-refractivity contribution < 1.29 is 0 Å². The van der Waals surface area contributed by atoms with Gasteiger partial charge in [-0.1, -0.05) is 11.3 Å². The van der Waals surface area contributed by atoms with Crippen LogP contribution >= 0.6 is 33.9 Å². The van der Waals surface area contributed by atoms with Crippen LogP contribution in [0.25, 0.3) is 20.9 Å². The zero-order valence-electron chi connectivity index (χ0n) is 9.64. The van der Waals surface area contributed by atoms with Crippen molar-refractivity contribution in [1.82, 2.24) is 9.97 Å². The fourth-order valence-corrected chi connectivity index (χ4v) is 3.23. The van der Waals surface area contributed by atoms with Gasteiger partial charge in [0.1, 0.15) is 19.1 Å². The summed E-state index contributed by atoms with van der Waals surface area (Å²) in [5.74, 6) is 0. The number of aromatic nitrogens is 2. The molecule has 0 aliphatic carbocycles. The highest BCUT2D eigenvalue weighted by molar-refractivity contribution is 14.1. The minimum atomic E-state index is 0.966. The SMILES string of the molecule is CNc1ccc(-c2nc3ccc([123I])nc3s2)cc1. The van der Waals surface area contributed by atoms with Crippen molar-refractivity contribution in [2.24, 2.45) is 0 Å². The van der Waals surface area contributed by atoms with Gasteiger partial charge in [0, 0.05) is 18.3 Å². The lowest BCUT2D eigenvalue weighted by Crippen LogP contribution is -1.86. The fourth-order valence-electron chi connectivity index (χ4n) is 1.70. The molecule has 0 aliphatic rings. The lowest BCUT2D eigenvalue weighted by atomic mass is 10.2. The van der Waals surface area contributed by atoms with Crippen LogP contribution in [0.15, 0.2) is 36.4 Å². The van der Waals surface area contributed by atoms with Gasteiger partial charge in [0.25, 0.3) is 0 Å². The van der Waals surface area contributed by atoms with E-state index in [0.29, 0.717) is 0 Å². The lowest BCUT2D eigenvalue weighted by Gasteiger charge is -2.00. The van der Waals surface area contributed by atoms with Gasteiger partial charge in [0.05, 0.1) is 0 Å². The summed E-state index contributed by atoms with van der Waals surface area (Å²) in [5, 5.41) is 4.13. The van der Waals surface area contributed by atoms with Gasteiger partial charge in [-0.05, 0) is 59.0 Å². The average molecular weight is 363 g/mol. The number of benzene rings is 1. The largest absolute Gasteiger partial charge is 0.388 e. The molecular weight excluding hydrogens is 353 g/mol. The molecule has 3 nitrogen and oxygen atoms in total. The third-order valence-corrected chi connectivity index (χ3v) is 4.26. The van der Waals surface area contributed by atoms with Crippen LogP contribution in [-0.4, -0.2) is 17.0 Å². The Kier molecular flexibility index (Phi) is 3.17. The van der Waals surface area contributed by atoms with Crippen molar-refractivity contribution in [3.63, 3.8) is 0 Å². The number of hydrogen-bond acceptors (Lipinski definition) is 4. The van der Waals surface area contributed by atoms with Gasteiger partial charge in [-0.15, -0.1) is 0 Å². The molecule has 0 spiro atoms. The van der Waals surface area contributed by atoms with Crippen LogP contribution in [0.4, 0.5) is 5.69 Å². The maximum Gasteiger partial charge on any atom is 0.145 e. The Morgan fingerprint density at radius 3 is 2.56 bits per heavy atom. The van der Waals surface area contributed by atoms with E-state index in [0.717, 1.165) is 30.3 Å². The number of nitrogens with zero attached hydrogens (tertiary/aromatic N) is 2. The van der Waals surface area contributed by atoms with Crippen LogP contribution < -0.4 is 5.32 Å². The molecule has 0 fully saturated rings. The van der Waals surface area contributed by atoms with Crippen LogP contribution in [0.1, 0.15) is 0 Å². The summed E-state index contributed by atoms with van der Waals surface area (Å²) in [5.41, 5.74) is 3.20. The van der Waals surface area contributed by atoms with E-state index in [1.807, 2.05) is 19.2 Å². The van der Waals surface area contributed by atoms with Crippen LogP contribution in [-0.2, 0) is 0 Å². The van der Waals surface area contributed by atoms with Crippen molar-refractivity contribution in [2.75, 3.05) is 12.4 Å². The molecule has 1 N–H and O–H groups in total. The van der Waals surface area contributed by atoms with Crippen LogP contribution in [0.2, 0.25) is 0 Å². The summed E-state index contributed by atoms with van der Waals surface area (Å²) < 4.78 is 1.00. The highest BCUT2D eigenvalue weighted by Gasteiger charge is 2.07. The Balaban J connectivity index is 2.07. The van der Waals surface area contributed by atoms with Crippen LogP contribution in [0.3, 0.4) is 0 Å². The predicted molar refractivity (Wildman–Crippen MR) is 85.1 cm³/mol. The zero-order valence-corrected chi connectivity index (χ0v) is 12.6. The first kappa shape index (κ1) is 11.9. The molecule has 18 heavy (non-hydrogen) atoms. The van der Waals surface area contributed by atoms with Gasteiger partial charge in [-0.3, -0.25) is 0 Å². The van der Waals surface area contributed by atoms with Crippen molar-refractivity contribution in [1.29, 1.82) is 0 Å². The molecule has 0 saturated carbocycles. The van der Waals surface area contributed by atoms with E-state index in [1.54, 1.807) is 11.3 Å². The van der Waals surface area contributed by atoms with E-state index >= 15 is 0 Å². The van der Waals surface area contributed by atoms with Gasteiger partial charge < -0.3 is 5.32 Å². The van der Waals surface area contributed by atoms with Crippen molar-refractivity contribution in [2.45, 2.75) is 0 Å². The molecule has 90 valence electrons. The second kappa shape index (κ2) is 4.81. The lowest BCUT2D eigenvalue weighted by molar-refractivity contribution is 1.35. The quantitative estimate of drug-likeness (QED) is 0.552. The number of nitrogens with one attached hydrogen (secondary N) is 1. The number of rotatable bonds is 2. The Morgan fingerprint density at radius 2 is 1.83 bits per heavy atom. The van der Waals surface area contributed by atoms with E-state index in [1.165, 1.54) is 0 Å². The fraction of sp³-hybridized carbons (Fsp3) is 0.0769. The number of thiazole rings is 1. The second-order valence-electron chi connectivity index (χ2n) is 3.80. The van der Waals surface area contributed by atoms with Crippen molar-refractivity contribution in [3.05, 3.63) is 40.1 Å².